The Labute approximate surface area is 280 Å². The van der Waals surface area contributed by atoms with Gasteiger partial charge in [0.1, 0.15) is 17.2 Å². The average Bonchev–Trinajstić information content (AvgIpc) is 3.52. The number of likely N-dealkylation sites (tertiary alicyclic amines) is 1. The van der Waals surface area contributed by atoms with E-state index < -0.39 is 11.0 Å². The van der Waals surface area contributed by atoms with Crippen LogP contribution in [0, 0.1) is 18.2 Å². The van der Waals surface area contributed by atoms with Gasteiger partial charge in [-0.25, -0.2) is 9.37 Å². The Morgan fingerprint density at radius 2 is 1.62 bits per heavy atom. The van der Waals surface area contributed by atoms with E-state index >= 15 is 0 Å². The molecule has 2 amide bonds. The van der Waals surface area contributed by atoms with E-state index in [4.69, 9.17) is 4.98 Å². The first-order valence-corrected chi connectivity index (χ1v) is 18.0. The summed E-state index contributed by atoms with van der Waals surface area (Å²) in [4.78, 5) is 36.7. The molecule has 254 valence electrons. The van der Waals surface area contributed by atoms with E-state index in [2.05, 4.69) is 52.0 Å². The molecule has 3 aliphatic heterocycles. The first kappa shape index (κ1) is 33.6. The van der Waals surface area contributed by atoms with Gasteiger partial charge in [-0.15, -0.1) is 0 Å². The Morgan fingerprint density at radius 1 is 0.957 bits per heavy atom. The first-order chi connectivity index (χ1) is 22.4. The van der Waals surface area contributed by atoms with Gasteiger partial charge in [0, 0.05) is 36.6 Å². The second-order valence-electron chi connectivity index (χ2n) is 15.6. The monoisotopic (exact) mass is 643 g/mol. The summed E-state index contributed by atoms with van der Waals surface area (Å²) < 4.78 is 17.2. The Balaban J connectivity index is 1.18. The maximum absolute atomic E-state index is 14.7. The molecule has 2 aromatic carbocycles. The van der Waals surface area contributed by atoms with Gasteiger partial charge in [0.25, 0.3) is 0 Å². The van der Waals surface area contributed by atoms with Crippen LogP contribution in [-0.2, 0) is 15.0 Å². The highest BCUT2D eigenvalue weighted by Crippen LogP contribution is 2.45. The quantitative estimate of drug-likeness (QED) is 0.265. The highest BCUT2D eigenvalue weighted by atomic mass is 19.1. The van der Waals surface area contributed by atoms with Crippen LogP contribution in [0.5, 0.6) is 0 Å². The Bertz CT molecular complexity index is 1580. The topological polar surface area (TPSA) is 70.5 Å². The molecule has 2 bridgehead atoms. The molecular weight excluding hydrogens is 589 g/mol. The molecule has 47 heavy (non-hydrogen) atoms. The number of aryl methyl sites for hydroxylation is 1. The highest BCUT2D eigenvalue weighted by Gasteiger charge is 2.47. The van der Waals surface area contributed by atoms with Gasteiger partial charge in [0.05, 0.1) is 11.0 Å². The summed E-state index contributed by atoms with van der Waals surface area (Å²) in [5.74, 6) is 0.805. The third-order valence-electron chi connectivity index (χ3n) is 11.9. The van der Waals surface area contributed by atoms with Gasteiger partial charge in [-0.3, -0.25) is 14.5 Å². The van der Waals surface area contributed by atoms with Crippen LogP contribution in [-0.4, -0.2) is 68.4 Å². The summed E-state index contributed by atoms with van der Waals surface area (Å²) in [5.41, 5.74) is 1.67. The Morgan fingerprint density at radius 3 is 2.23 bits per heavy atom. The minimum absolute atomic E-state index is 0.00961. The largest absolute Gasteiger partial charge is 0.341 e. The predicted molar refractivity (Wildman–Crippen MR) is 186 cm³/mol. The second kappa shape index (κ2) is 13.0. The SMILES string of the molecule is CCC(CC)(NC(=O)C(C)(C)C)C(=O)N1CCC(CCN2C3CCC2CC(n2c(C)nc4ccccc42)C3)(c2cccc(F)c2)CC1. The lowest BCUT2D eigenvalue weighted by Gasteiger charge is -2.47. The lowest BCUT2D eigenvalue weighted by Crippen LogP contribution is -2.62. The third kappa shape index (κ3) is 6.34. The van der Waals surface area contributed by atoms with Crippen molar-refractivity contribution in [3.8, 4) is 0 Å². The number of nitrogens with one attached hydrogen (secondary N) is 1. The molecule has 8 heteroatoms. The van der Waals surface area contributed by atoms with Gasteiger partial charge in [-0.1, -0.05) is 58.9 Å². The summed E-state index contributed by atoms with van der Waals surface area (Å²) in [6.45, 7) is 13.9. The molecule has 2 atom stereocenters. The number of hydrogen-bond acceptors (Lipinski definition) is 4. The molecule has 7 nitrogen and oxygen atoms in total. The molecule has 0 aliphatic carbocycles. The minimum atomic E-state index is -0.911. The molecule has 0 spiro atoms. The molecule has 3 saturated heterocycles. The molecule has 3 aromatic rings. The van der Waals surface area contributed by atoms with Crippen LogP contribution in [0.3, 0.4) is 0 Å². The van der Waals surface area contributed by atoms with Crippen LogP contribution in [0.1, 0.15) is 110 Å². The van der Waals surface area contributed by atoms with E-state index in [1.165, 1.54) is 24.4 Å². The van der Waals surface area contributed by atoms with Crippen LogP contribution in [0.2, 0.25) is 0 Å². The van der Waals surface area contributed by atoms with E-state index in [9.17, 15) is 14.0 Å². The summed E-state index contributed by atoms with van der Waals surface area (Å²) in [6.07, 6.45) is 8.29. The summed E-state index contributed by atoms with van der Waals surface area (Å²) in [5, 5.41) is 3.15. The fourth-order valence-electron chi connectivity index (χ4n) is 8.92. The summed E-state index contributed by atoms with van der Waals surface area (Å²) >= 11 is 0. The van der Waals surface area contributed by atoms with E-state index in [0.717, 1.165) is 55.6 Å². The number of amides is 2. The van der Waals surface area contributed by atoms with E-state index in [0.29, 0.717) is 44.1 Å². The molecule has 0 radical (unpaired) electrons. The number of imidazole rings is 1. The number of fused-ring (bicyclic) bond motifs is 3. The molecule has 1 N–H and O–H groups in total. The van der Waals surface area contributed by atoms with Crippen molar-refractivity contribution < 1.29 is 14.0 Å². The lowest BCUT2D eigenvalue weighted by atomic mass is 9.70. The van der Waals surface area contributed by atoms with Gasteiger partial charge < -0.3 is 14.8 Å². The molecule has 3 aliphatic rings. The van der Waals surface area contributed by atoms with Crippen molar-refractivity contribution in [2.45, 2.75) is 128 Å². The van der Waals surface area contributed by atoms with Crippen LogP contribution >= 0.6 is 0 Å². The number of rotatable bonds is 9. The first-order valence-electron chi connectivity index (χ1n) is 18.0. The number of carbonyl (C=O) groups is 2. The zero-order valence-electron chi connectivity index (χ0n) is 29.3. The predicted octanol–water partition coefficient (Wildman–Crippen LogP) is 7.32. The smallest absolute Gasteiger partial charge is 0.248 e. The van der Waals surface area contributed by atoms with Crippen molar-refractivity contribution in [1.82, 2.24) is 24.7 Å². The van der Waals surface area contributed by atoms with Gasteiger partial charge >= 0.3 is 0 Å². The fourth-order valence-corrected chi connectivity index (χ4v) is 8.92. The Hall–Kier alpha value is -3.26. The number of hydrogen-bond donors (Lipinski definition) is 1. The minimum Gasteiger partial charge on any atom is -0.341 e. The van der Waals surface area contributed by atoms with Crippen molar-refractivity contribution in [1.29, 1.82) is 0 Å². The van der Waals surface area contributed by atoms with Gasteiger partial charge in [-0.05, 0) is 106 Å². The standard InChI is InChI=1S/C39H54FN5O2/c1-7-39(8-2,42-35(46)37(4,5)6)36(47)43-21-18-38(19-22-43,28-12-11-13-29(40)24-28)20-23-44-30-16-17-31(44)26-32(25-30)45-27(3)41-33-14-9-10-15-34(33)45/h9-15,24,30-32H,7-8,16-23,25-26H2,1-6H3,(H,42,46). The number of carbonyl (C=O) groups excluding carboxylic acids is 2. The zero-order chi connectivity index (χ0) is 33.6. The molecule has 2 unspecified atom stereocenters. The average molecular weight is 644 g/mol. The van der Waals surface area contributed by atoms with Gasteiger partial charge in [0.2, 0.25) is 11.8 Å². The van der Waals surface area contributed by atoms with Crippen LogP contribution in [0.4, 0.5) is 4.39 Å². The number of nitrogens with zero attached hydrogens (tertiary/aromatic N) is 4. The van der Waals surface area contributed by atoms with Gasteiger partial charge in [-0.2, -0.15) is 0 Å². The summed E-state index contributed by atoms with van der Waals surface area (Å²) in [6, 6.07) is 17.2. The zero-order valence-corrected chi connectivity index (χ0v) is 29.3. The van der Waals surface area contributed by atoms with Crippen molar-refractivity contribution in [3.63, 3.8) is 0 Å². The number of benzene rings is 2. The van der Waals surface area contributed by atoms with Crippen molar-refractivity contribution in [2.75, 3.05) is 19.6 Å². The van der Waals surface area contributed by atoms with Crippen LogP contribution in [0.15, 0.2) is 48.5 Å². The maximum atomic E-state index is 14.7. The Kier molecular flexibility index (Phi) is 9.29. The van der Waals surface area contributed by atoms with Crippen molar-refractivity contribution in [2.24, 2.45) is 5.41 Å². The van der Waals surface area contributed by atoms with Crippen molar-refractivity contribution in [3.05, 3.63) is 65.7 Å². The number of piperidine rings is 2. The molecule has 4 heterocycles. The van der Waals surface area contributed by atoms with E-state index in [-0.39, 0.29) is 23.0 Å². The number of halogens is 1. The fraction of sp³-hybridized carbons (Fsp3) is 0.615. The molecule has 1 aromatic heterocycles. The van der Waals surface area contributed by atoms with Crippen molar-refractivity contribution >= 4 is 22.8 Å². The second-order valence-corrected chi connectivity index (χ2v) is 15.6. The normalized spacial score (nSPS) is 23.3. The van der Waals surface area contributed by atoms with Crippen LogP contribution < -0.4 is 5.32 Å². The molecule has 3 fully saturated rings. The number of para-hydroxylation sites is 2. The maximum Gasteiger partial charge on any atom is 0.248 e. The molecular formula is C39H54FN5O2. The van der Waals surface area contributed by atoms with Crippen LogP contribution in [0.25, 0.3) is 11.0 Å². The van der Waals surface area contributed by atoms with Gasteiger partial charge in [0.15, 0.2) is 0 Å². The molecule has 0 saturated carbocycles. The third-order valence-corrected chi connectivity index (χ3v) is 11.9. The number of aromatic nitrogens is 2. The van der Waals surface area contributed by atoms with E-state index in [1.54, 1.807) is 6.07 Å². The van der Waals surface area contributed by atoms with E-state index in [1.807, 2.05) is 45.6 Å². The highest BCUT2D eigenvalue weighted by molar-refractivity contribution is 5.93. The summed E-state index contributed by atoms with van der Waals surface area (Å²) in [7, 11) is 0. The molecule has 6 rings (SSSR count). The lowest BCUT2D eigenvalue weighted by molar-refractivity contribution is -0.145.